The summed E-state index contributed by atoms with van der Waals surface area (Å²) in [5.74, 6) is 0. The van der Waals surface area contributed by atoms with Gasteiger partial charge in [-0.1, -0.05) is 0 Å². The maximum absolute atomic E-state index is 10.4. The van der Waals surface area contributed by atoms with Crippen LogP contribution in [-0.2, 0) is 4.79 Å². The first-order chi connectivity index (χ1) is 2.94. The molecule has 7 heavy (non-hydrogen) atoms. The van der Waals surface area contributed by atoms with Gasteiger partial charge in [0.25, 0.3) is 0 Å². The minimum atomic E-state index is -0.194. The Morgan fingerprint density at radius 2 is 1.57 bits per heavy atom. The van der Waals surface area contributed by atoms with Crippen LogP contribution in [0.2, 0.25) is 0 Å². The Bertz CT molecular complexity index is 80.6. The van der Waals surface area contributed by atoms with Crippen LogP contribution >= 0.6 is 0 Å². The number of hydrogen-bond acceptors (Lipinski definition) is 1. The molecule has 0 saturated carbocycles. The van der Waals surface area contributed by atoms with Gasteiger partial charge in [-0.15, -0.1) is 0 Å². The van der Waals surface area contributed by atoms with Crippen LogP contribution in [0.25, 0.3) is 0 Å². The zero-order chi connectivity index (χ0) is 6.08. The molecule has 0 aromatic heterocycles. The molecule has 0 fully saturated rings. The molecular weight excluding hydrogens is 155 g/mol. The second kappa shape index (κ2) is 1.97. The van der Waals surface area contributed by atoms with Crippen LogP contribution in [-0.4, -0.2) is 20.7 Å². The van der Waals surface area contributed by atoms with E-state index in [2.05, 4.69) is 16.0 Å². The topological polar surface area (TPSA) is 17.1 Å². The summed E-state index contributed by atoms with van der Waals surface area (Å²) in [6.07, 6.45) is 0. The van der Waals surface area contributed by atoms with Crippen molar-refractivity contribution in [3.8, 4) is 0 Å². The molecular formula is C5H9OSe-. The maximum atomic E-state index is 10.4. The second-order valence-electron chi connectivity index (χ2n) is 2.54. The van der Waals surface area contributed by atoms with Gasteiger partial charge in [0.15, 0.2) is 0 Å². The fourth-order valence-corrected chi connectivity index (χ4v) is 0. The van der Waals surface area contributed by atoms with Crippen LogP contribution in [0, 0.1) is 5.41 Å². The number of rotatable bonds is 0. The summed E-state index contributed by atoms with van der Waals surface area (Å²) in [5, 5.41) is 0. The predicted molar refractivity (Wildman–Crippen MR) is 30.2 cm³/mol. The van der Waals surface area contributed by atoms with E-state index >= 15 is 0 Å². The standard InChI is InChI=1S/C5H10OSe/c1-5(2,3)4(6)7/h1-3H3,(H,6,7)/p-1. The Balaban J connectivity index is 3.79. The van der Waals surface area contributed by atoms with Crippen LogP contribution in [0.3, 0.4) is 0 Å². The summed E-state index contributed by atoms with van der Waals surface area (Å²) >= 11 is 2.44. The summed E-state index contributed by atoms with van der Waals surface area (Å²) in [6.45, 7) is 5.64. The molecule has 0 rings (SSSR count). The van der Waals surface area contributed by atoms with Gasteiger partial charge in [-0.05, 0) is 0 Å². The van der Waals surface area contributed by atoms with Gasteiger partial charge < -0.3 is 0 Å². The van der Waals surface area contributed by atoms with Crippen molar-refractivity contribution < 1.29 is 4.79 Å². The van der Waals surface area contributed by atoms with Gasteiger partial charge in [0.2, 0.25) is 0 Å². The van der Waals surface area contributed by atoms with Crippen LogP contribution in [0.5, 0.6) is 0 Å². The molecule has 0 aliphatic rings. The average molecular weight is 164 g/mol. The average Bonchev–Trinajstić information content (AvgIpc) is 1.31. The third kappa shape index (κ3) is 2.84. The molecule has 0 N–H and O–H groups in total. The Morgan fingerprint density at radius 1 is 1.43 bits per heavy atom. The zero-order valence-electron chi connectivity index (χ0n) is 4.82. The van der Waals surface area contributed by atoms with Crippen LogP contribution in [0.15, 0.2) is 0 Å². The quantitative estimate of drug-likeness (QED) is 0.482. The van der Waals surface area contributed by atoms with Crippen molar-refractivity contribution in [3.05, 3.63) is 0 Å². The first-order valence-electron chi connectivity index (χ1n) is 2.16. The molecule has 0 amide bonds. The van der Waals surface area contributed by atoms with E-state index in [-0.39, 0.29) is 10.1 Å². The van der Waals surface area contributed by atoms with E-state index in [1.165, 1.54) is 0 Å². The molecule has 0 unspecified atom stereocenters. The van der Waals surface area contributed by atoms with Crippen molar-refractivity contribution in [1.82, 2.24) is 0 Å². The van der Waals surface area contributed by atoms with E-state index in [0.717, 1.165) is 0 Å². The summed E-state index contributed by atoms with van der Waals surface area (Å²) < 4.78 is 0.118. The SMILES string of the molecule is CC(C)(C)C(=O)[Se-]. The van der Waals surface area contributed by atoms with Gasteiger partial charge in [-0.2, -0.15) is 0 Å². The van der Waals surface area contributed by atoms with Crippen molar-refractivity contribution in [2.75, 3.05) is 0 Å². The number of hydrogen-bond donors (Lipinski definition) is 0. The van der Waals surface area contributed by atoms with E-state index in [4.69, 9.17) is 0 Å². The van der Waals surface area contributed by atoms with E-state index in [0.29, 0.717) is 0 Å². The van der Waals surface area contributed by atoms with Gasteiger partial charge in [0, 0.05) is 0 Å². The van der Waals surface area contributed by atoms with Gasteiger partial charge in [0.1, 0.15) is 0 Å². The summed E-state index contributed by atoms with van der Waals surface area (Å²) in [5.41, 5.74) is -0.194. The molecule has 0 aliphatic heterocycles. The van der Waals surface area contributed by atoms with Crippen molar-refractivity contribution >= 4 is 20.7 Å². The molecule has 0 saturated heterocycles. The van der Waals surface area contributed by atoms with Crippen molar-refractivity contribution in [3.63, 3.8) is 0 Å². The van der Waals surface area contributed by atoms with E-state index in [9.17, 15) is 4.79 Å². The first kappa shape index (κ1) is 7.19. The van der Waals surface area contributed by atoms with Crippen molar-refractivity contribution in [2.24, 2.45) is 5.41 Å². The Morgan fingerprint density at radius 3 is 1.57 bits per heavy atom. The molecule has 0 aliphatic carbocycles. The van der Waals surface area contributed by atoms with Crippen molar-refractivity contribution in [2.45, 2.75) is 20.8 Å². The first-order valence-corrected chi connectivity index (χ1v) is 3.01. The molecule has 2 heteroatoms. The van der Waals surface area contributed by atoms with Gasteiger partial charge in [0.05, 0.1) is 0 Å². The third-order valence-corrected chi connectivity index (χ3v) is 1.90. The molecule has 42 valence electrons. The normalized spacial score (nSPS) is 11.3. The van der Waals surface area contributed by atoms with Gasteiger partial charge >= 0.3 is 51.7 Å². The molecule has 0 radical (unpaired) electrons. The molecule has 0 spiro atoms. The van der Waals surface area contributed by atoms with Crippen LogP contribution in [0.1, 0.15) is 20.8 Å². The fourth-order valence-electron chi connectivity index (χ4n) is 0. The summed E-state index contributed by atoms with van der Waals surface area (Å²) in [4.78, 5) is 10.4. The fraction of sp³-hybridized carbons (Fsp3) is 0.800. The molecule has 0 atom stereocenters. The molecule has 1 nitrogen and oxygen atoms in total. The van der Waals surface area contributed by atoms with E-state index in [1.807, 2.05) is 20.8 Å². The Labute approximate surface area is 52.3 Å². The minimum absolute atomic E-state index is 0.118. The Kier molecular flexibility index (Phi) is 2.03. The van der Waals surface area contributed by atoms with E-state index in [1.54, 1.807) is 0 Å². The van der Waals surface area contributed by atoms with Crippen LogP contribution in [0.4, 0.5) is 0 Å². The van der Waals surface area contributed by atoms with E-state index < -0.39 is 0 Å². The van der Waals surface area contributed by atoms with Crippen molar-refractivity contribution in [1.29, 1.82) is 0 Å². The molecule has 0 heterocycles. The molecule has 0 aromatic rings. The monoisotopic (exact) mass is 165 g/mol. The Hall–Kier alpha value is 0.189. The predicted octanol–water partition coefficient (Wildman–Crippen LogP) is 0.728. The number of carbonyl (C=O) groups is 1. The molecule has 0 bridgehead atoms. The van der Waals surface area contributed by atoms with Gasteiger partial charge in [-0.25, -0.2) is 0 Å². The summed E-state index contributed by atoms with van der Waals surface area (Å²) in [7, 11) is 0. The van der Waals surface area contributed by atoms with Gasteiger partial charge in [-0.3, -0.25) is 0 Å². The number of carbonyl (C=O) groups excluding carboxylic acids is 1. The third-order valence-electron chi connectivity index (χ3n) is 0.612. The molecule has 0 aromatic carbocycles. The summed E-state index contributed by atoms with van der Waals surface area (Å²) in [6, 6.07) is 0. The van der Waals surface area contributed by atoms with Crippen LogP contribution < -0.4 is 0 Å². The zero-order valence-corrected chi connectivity index (χ0v) is 6.53. The second-order valence-corrected chi connectivity index (χ2v) is 3.32.